The van der Waals surface area contributed by atoms with E-state index in [-0.39, 0.29) is 6.61 Å². The van der Waals surface area contributed by atoms with Crippen LogP contribution in [0.25, 0.3) is 0 Å². The Hall–Kier alpha value is -0.710. The van der Waals surface area contributed by atoms with Crippen molar-refractivity contribution >= 4 is 34.8 Å². The SMILES string of the molecule is CCCNc1nc(N(CCC)CCO)c(Cl)cc1Cl. The van der Waals surface area contributed by atoms with E-state index >= 15 is 0 Å². The lowest BCUT2D eigenvalue weighted by atomic mass is 10.3. The van der Waals surface area contributed by atoms with Crippen LogP contribution in [0.15, 0.2) is 6.07 Å². The predicted octanol–water partition coefficient (Wildman–Crippen LogP) is 3.42. The highest BCUT2D eigenvalue weighted by Gasteiger charge is 2.14. The molecule has 0 aromatic carbocycles. The van der Waals surface area contributed by atoms with Crippen molar-refractivity contribution in [1.82, 2.24) is 4.98 Å². The second-order valence-electron chi connectivity index (χ2n) is 4.26. The van der Waals surface area contributed by atoms with Crippen molar-refractivity contribution in [2.75, 3.05) is 36.5 Å². The summed E-state index contributed by atoms with van der Waals surface area (Å²) in [5, 5.41) is 13.3. The molecule has 1 aromatic rings. The number of pyridine rings is 1. The van der Waals surface area contributed by atoms with Crippen molar-refractivity contribution in [3.8, 4) is 0 Å². The van der Waals surface area contributed by atoms with Gasteiger partial charge in [-0.15, -0.1) is 0 Å². The molecular formula is C13H21Cl2N3O. The lowest BCUT2D eigenvalue weighted by Gasteiger charge is -2.24. The third kappa shape index (κ3) is 4.71. The van der Waals surface area contributed by atoms with Crippen LogP contribution in [0.2, 0.25) is 10.0 Å². The van der Waals surface area contributed by atoms with Crippen LogP contribution < -0.4 is 10.2 Å². The molecule has 0 aliphatic carbocycles. The molecule has 0 saturated carbocycles. The summed E-state index contributed by atoms with van der Waals surface area (Å²) in [7, 11) is 0. The molecule has 0 unspecified atom stereocenters. The van der Waals surface area contributed by atoms with Crippen molar-refractivity contribution in [3.05, 3.63) is 16.1 Å². The van der Waals surface area contributed by atoms with Gasteiger partial charge in [0, 0.05) is 19.6 Å². The second-order valence-corrected chi connectivity index (χ2v) is 5.08. The maximum absolute atomic E-state index is 9.13. The van der Waals surface area contributed by atoms with Gasteiger partial charge in [0.1, 0.15) is 11.6 Å². The first-order chi connectivity index (χ1) is 9.13. The monoisotopic (exact) mass is 305 g/mol. The first-order valence-corrected chi connectivity index (χ1v) is 7.35. The van der Waals surface area contributed by atoms with Crippen LogP contribution in [0.3, 0.4) is 0 Å². The predicted molar refractivity (Wildman–Crippen MR) is 82.6 cm³/mol. The largest absolute Gasteiger partial charge is 0.395 e. The first kappa shape index (κ1) is 16.3. The quantitative estimate of drug-likeness (QED) is 0.772. The Balaban J connectivity index is 3.02. The molecule has 1 heterocycles. The second kappa shape index (κ2) is 8.46. The summed E-state index contributed by atoms with van der Waals surface area (Å²) in [4.78, 5) is 6.45. The zero-order chi connectivity index (χ0) is 14.3. The van der Waals surface area contributed by atoms with E-state index in [1.807, 2.05) is 4.90 Å². The van der Waals surface area contributed by atoms with E-state index in [4.69, 9.17) is 28.3 Å². The van der Waals surface area contributed by atoms with Crippen LogP contribution in [0.4, 0.5) is 11.6 Å². The Morgan fingerprint density at radius 1 is 1.21 bits per heavy atom. The standard InChI is InChI=1S/C13H21Cl2N3O/c1-3-5-16-12-10(14)9-11(15)13(17-12)18(6-4-2)7-8-19/h9,19H,3-8H2,1-2H3,(H,16,17). The molecule has 0 saturated heterocycles. The molecule has 19 heavy (non-hydrogen) atoms. The Kier molecular flexibility index (Phi) is 7.28. The highest BCUT2D eigenvalue weighted by atomic mass is 35.5. The topological polar surface area (TPSA) is 48.4 Å². The van der Waals surface area contributed by atoms with E-state index in [1.54, 1.807) is 6.07 Å². The molecule has 1 rings (SSSR count). The number of hydrogen-bond donors (Lipinski definition) is 2. The van der Waals surface area contributed by atoms with Gasteiger partial charge < -0.3 is 15.3 Å². The molecule has 0 amide bonds. The Labute approximate surface area is 124 Å². The minimum atomic E-state index is 0.0678. The first-order valence-electron chi connectivity index (χ1n) is 6.59. The number of aliphatic hydroxyl groups excluding tert-OH is 1. The van der Waals surface area contributed by atoms with E-state index in [1.165, 1.54) is 0 Å². The number of hydrogen-bond acceptors (Lipinski definition) is 4. The van der Waals surface area contributed by atoms with Gasteiger partial charge >= 0.3 is 0 Å². The van der Waals surface area contributed by atoms with Crippen LogP contribution in [0, 0.1) is 0 Å². The average molecular weight is 306 g/mol. The fourth-order valence-electron chi connectivity index (χ4n) is 1.76. The fourth-order valence-corrected chi connectivity index (χ4v) is 2.31. The van der Waals surface area contributed by atoms with E-state index in [2.05, 4.69) is 24.1 Å². The molecule has 108 valence electrons. The van der Waals surface area contributed by atoms with Crippen molar-refractivity contribution in [3.63, 3.8) is 0 Å². The molecule has 2 N–H and O–H groups in total. The highest BCUT2D eigenvalue weighted by molar-refractivity contribution is 6.37. The molecule has 0 aliphatic rings. The van der Waals surface area contributed by atoms with Crippen molar-refractivity contribution in [2.45, 2.75) is 26.7 Å². The highest BCUT2D eigenvalue weighted by Crippen LogP contribution is 2.31. The van der Waals surface area contributed by atoms with Crippen LogP contribution in [-0.2, 0) is 0 Å². The maximum Gasteiger partial charge on any atom is 0.150 e. The number of anilines is 2. The van der Waals surface area contributed by atoms with Crippen LogP contribution in [-0.4, -0.2) is 36.3 Å². The Morgan fingerprint density at radius 2 is 1.95 bits per heavy atom. The summed E-state index contributed by atoms with van der Waals surface area (Å²) in [6.45, 7) is 6.33. The van der Waals surface area contributed by atoms with Gasteiger partial charge in [-0.3, -0.25) is 0 Å². The van der Waals surface area contributed by atoms with Crippen molar-refractivity contribution in [1.29, 1.82) is 0 Å². The van der Waals surface area contributed by atoms with Gasteiger partial charge in [0.15, 0.2) is 0 Å². The van der Waals surface area contributed by atoms with Crippen molar-refractivity contribution < 1.29 is 5.11 Å². The summed E-state index contributed by atoms with van der Waals surface area (Å²) < 4.78 is 0. The number of nitrogens with one attached hydrogen (secondary N) is 1. The van der Waals surface area contributed by atoms with E-state index < -0.39 is 0 Å². The van der Waals surface area contributed by atoms with Gasteiger partial charge in [-0.1, -0.05) is 37.0 Å². The minimum Gasteiger partial charge on any atom is -0.395 e. The van der Waals surface area contributed by atoms with Crippen molar-refractivity contribution in [2.24, 2.45) is 0 Å². The molecule has 0 bridgehead atoms. The zero-order valence-corrected chi connectivity index (χ0v) is 12.9. The number of rotatable bonds is 8. The summed E-state index contributed by atoms with van der Waals surface area (Å²) in [6, 6.07) is 1.70. The van der Waals surface area contributed by atoms with E-state index in [0.717, 1.165) is 25.9 Å². The number of aromatic nitrogens is 1. The summed E-state index contributed by atoms with van der Waals surface area (Å²) in [6.07, 6.45) is 1.95. The van der Waals surface area contributed by atoms with Gasteiger partial charge in [0.05, 0.1) is 16.7 Å². The summed E-state index contributed by atoms with van der Waals surface area (Å²) in [5.74, 6) is 1.31. The Morgan fingerprint density at radius 3 is 2.53 bits per heavy atom. The van der Waals surface area contributed by atoms with Gasteiger partial charge in [-0.25, -0.2) is 4.98 Å². The van der Waals surface area contributed by atoms with Crippen LogP contribution in [0.1, 0.15) is 26.7 Å². The zero-order valence-electron chi connectivity index (χ0n) is 11.4. The van der Waals surface area contributed by atoms with Gasteiger partial charge in [0.2, 0.25) is 0 Å². The molecular weight excluding hydrogens is 285 g/mol. The van der Waals surface area contributed by atoms with Gasteiger partial charge in [-0.2, -0.15) is 0 Å². The summed E-state index contributed by atoms with van der Waals surface area (Å²) in [5.41, 5.74) is 0. The molecule has 0 aliphatic heterocycles. The van der Waals surface area contributed by atoms with E-state index in [9.17, 15) is 0 Å². The van der Waals surface area contributed by atoms with Gasteiger partial charge in [0.25, 0.3) is 0 Å². The smallest absolute Gasteiger partial charge is 0.150 e. The van der Waals surface area contributed by atoms with Gasteiger partial charge in [-0.05, 0) is 18.9 Å². The average Bonchev–Trinajstić information content (AvgIpc) is 2.38. The molecule has 0 atom stereocenters. The normalized spacial score (nSPS) is 10.6. The fraction of sp³-hybridized carbons (Fsp3) is 0.615. The van der Waals surface area contributed by atoms with Crippen LogP contribution >= 0.6 is 23.2 Å². The lowest BCUT2D eigenvalue weighted by molar-refractivity contribution is 0.301. The summed E-state index contributed by atoms with van der Waals surface area (Å²) >= 11 is 12.3. The van der Waals surface area contributed by atoms with Crippen LogP contribution in [0.5, 0.6) is 0 Å². The minimum absolute atomic E-state index is 0.0678. The molecule has 0 radical (unpaired) electrons. The molecule has 0 fully saturated rings. The molecule has 4 nitrogen and oxygen atoms in total. The Bertz CT molecular complexity index is 396. The molecule has 1 aromatic heterocycles. The maximum atomic E-state index is 9.13. The number of halogens is 2. The number of nitrogens with zero attached hydrogens (tertiary/aromatic N) is 2. The third-order valence-corrected chi connectivity index (χ3v) is 3.18. The molecule has 0 spiro atoms. The van der Waals surface area contributed by atoms with E-state index in [0.29, 0.717) is 28.2 Å². The lowest BCUT2D eigenvalue weighted by Crippen LogP contribution is -2.28. The third-order valence-electron chi connectivity index (χ3n) is 2.62. The molecule has 6 heteroatoms. The number of aliphatic hydroxyl groups is 1.